The summed E-state index contributed by atoms with van der Waals surface area (Å²) in [5, 5.41) is 1.70. The van der Waals surface area contributed by atoms with Crippen LogP contribution < -0.4 is 11.1 Å². The minimum absolute atomic E-state index is 0.211. The van der Waals surface area contributed by atoms with Crippen molar-refractivity contribution in [2.24, 2.45) is 0 Å². The Morgan fingerprint density at radius 1 is 1.09 bits per heavy atom. The Morgan fingerprint density at radius 2 is 1.91 bits per heavy atom. The zero-order valence-electron chi connectivity index (χ0n) is 16.5. The van der Waals surface area contributed by atoms with Crippen LogP contribution in [0.15, 0.2) is 76.1 Å². The highest BCUT2D eigenvalue weighted by atomic mass is 35.5. The van der Waals surface area contributed by atoms with Crippen LogP contribution in [0.4, 0.5) is 4.39 Å². The lowest BCUT2D eigenvalue weighted by Crippen LogP contribution is -2.19. The average Bonchev–Trinajstić information content (AvgIpc) is 2.80. The molecule has 0 saturated heterocycles. The van der Waals surface area contributed by atoms with E-state index in [0.29, 0.717) is 37.8 Å². The van der Waals surface area contributed by atoms with Crippen LogP contribution in [0.25, 0.3) is 27.6 Å². The number of hydrogen-bond acceptors (Lipinski definition) is 7. The monoisotopic (exact) mass is 468 g/mol. The van der Waals surface area contributed by atoms with Gasteiger partial charge in [-0.25, -0.2) is 24.3 Å². The van der Waals surface area contributed by atoms with Crippen LogP contribution in [0.2, 0.25) is 5.02 Å². The summed E-state index contributed by atoms with van der Waals surface area (Å²) in [6, 6.07) is 10.8. The number of halogens is 2. The molecule has 0 unspecified atom stereocenters. The lowest BCUT2D eigenvalue weighted by Gasteiger charge is -2.07. The summed E-state index contributed by atoms with van der Waals surface area (Å²) in [4.78, 5) is 42.2. The molecule has 3 aromatic heterocycles. The molecule has 2 aromatic carbocycles. The molecule has 5 aromatic rings. The summed E-state index contributed by atoms with van der Waals surface area (Å²) < 4.78 is 14.5. The van der Waals surface area contributed by atoms with Crippen molar-refractivity contribution >= 4 is 45.3 Å². The fourth-order valence-corrected chi connectivity index (χ4v) is 3.46. The van der Waals surface area contributed by atoms with E-state index in [4.69, 9.17) is 11.6 Å². The van der Waals surface area contributed by atoms with E-state index >= 15 is 0 Å². The normalized spacial score (nSPS) is 10.7. The van der Waals surface area contributed by atoms with Gasteiger partial charge < -0.3 is 4.98 Å². The van der Waals surface area contributed by atoms with Crippen LogP contribution in [-0.2, 0) is 0 Å². The lowest BCUT2D eigenvalue weighted by molar-refractivity contribution is 0.626. The van der Waals surface area contributed by atoms with Gasteiger partial charge in [-0.3, -0.25) is 14.2 Å². The van der Waals surface area contributed by atoms with Crippen LogP contribution in [0.5, 0.6) is 0 Å². The Hall–Kier alpha value is -3.63. The highest BCUT2D eigenvalue weighted by Gasteiger charge is 2.09. The molecule has 0 aliphatic carbocycles. The number of nitrogens with zero attached hydrogens (tertiary/aromatic N) is 5. The molecule has 0 spiro atoms. The molecule has 11 heteroatoms. The second-order valence-corrected chi connectivity index (χ2v) is 7.54. The molecule has 0 amide bonds. The van der Waals surface area contributed by atoms with E-state index in [2.05, 4.69) is 24.9 Å². The minimum atomic E-state index is -0.413. The quantitative estimate of drug-likeness (QED) is 0.311. The molecule has 0 radical (unpaired) electrons. The van der Waals surface area contributed by atoms with Crippen molar-refractivity contribution in [3.05, 3.63) is 92.9 Å². The van der Waals surface area contributed by atoms with Crippen LogP contribution in [-0.4, -0.2) is 35.7 Å². The van der Waals surface area contributed by atoms with E-state index in [1.807, 2.05) is 6.26 Å². The van der Waals surface area contributed by atoms with Crippen molar-refractivity contribution in [3.63, 3.8) is 0 Å². The van der Waals surface area contributed by atoms with Gasteiger partial charge in [0.05, 0.1) is 27.9 Å². The lowest BCUT2D eigenvalue weighted by atomic mass is 10.2. The molecule has 32 heavy (non-hydrogen) atoms. The summed E-state index contributed by atoms with van der Waals surface area (Å²) in [7, 11) is 0. The van der Waals surface area contributed by atoms with Gasteiger partial charge >= 0.3 is 0 Å². The van der Waals surface area contributed by atoms with Gasteiger partial charge in [-0.2, -0.15) is 0 Å². The zero-order valence-corrected chi connectivity index (χ0v) is 18.1. The standard InChI is InChI=1S/C14H8ClFN2O.C7H6N4OS/c15-11-5-2-6-12-13(11)14(19)18(8-17-12)10-4-1-3-9(16)7-10;1-13-7-8-2-4-5(11-7)9-3-10-6(4)12/h1-8H;2-3H,1H3,(H,8,9,10,11,12). The topological polar surface area (TPSA) is 106 Å². The van der Waals surface area contributed by atoms with Crippen LogP contribution in [0, 0.1) is 5.82 Å². The van der Waals surface area contributed by atoms with Gasteiger partial charge in [-0.1, -0.05) is 35.5 Å². The number of thioether (sulfide) groups is 1. The number of hydrogen-bond donors (Lipinski definition) is 1. The molecule has 0 aliphatic heterocycles. The summed E-state index contributed by atoms with van der Waals surface area (Å²) in [6.07, 6.45) is 6.06. The van der Waals surface area contributed by atoms with Crippen molar-refractivity contribution in [2.45, 2.75) is 5.16 Å². The minimum Gasteiger partial charge on any atom is -0.312 e. The van der Waals surface area contributed by atoms with E-state index in [9.17, 15) is 14.0 Å². The Balaban J connectivity index is 0.000000165. The Kier molecular flexibility index (Phi) is 6.24. The largest absolute Gasteiger partial charge is 0.312 e. The molecular formula is C21H14ClFN6O2S. The molecule has 0 atom stereocenters. The molecule has 3 heterocycles. The van der Waals surface area contributed by atoms with Gasteiger partial charge in [0.1, 0.15) is 17.5 Å². The number of rotatable bonds is 2. The van der Waals surface area contributed by atoms with E-state index in [1.165, 1.54) is 53.4 Å². The molecule has 1 N–H and O–H groups in total. The number of H-pyrrole nitrogens is 1. The third-order valence-electron chi connectivity index (χ3n) is 4.38. The van der Waals surface area contributed by atoms with Crippen molar-refractivity contribution in [2.75, 3.05) is 6.26 Å². The van der Waals surface area contributed by atoms with Crippen molar-refractivity contribution in [1.82, 2.24) is 29.5 Å². The molecular weight excluding hydrogens is 455 g/mol. The second-order valence-electron chi connectivity index (χ2n) is 6.36. The van der Waals surface area contributed by atoms with Crippen LogP contribution in [0.1, 0.15) is 0 Å². The van der Waals surface area contributed by atoms with E-state index < -0.39 is 5.82 Å². The Morgan fingerprint density at radius 3 is 2.69 bits per heavy atom. The molecule has 0 saturated carbocycles. The van der Waals surface area contributed by atoms with E-state index in [-0.39, 0.29) is 11.1 Å². The number of fused-ring (bicyclic) bond motifs is 2. The first-order valence-electron chi connectivity index (χ1n) is 9.14. The van der Waals surface area contributed by atoms with Gasteiger partial charge in [0, 0.05) is 6.20 Å². The molecule has 160 valence electrons. The number of aromatic nitrogens is 6. The number of nitrogens with one attached hydrogen (secondary N) is 1. The predicted octanol–water partition coefficient (Wildman–Crippen LogP) is 3.61. The fourth-order valence-electron chi connectivity index (χ4n) is 2.88. The molecule has 0 aliphatic rings. The highest BCUT2D eigenvalue weighted by molar-refractivity contribution is 7.98. The maximum Gasteiger partial charge on any atom is 0.267 e. The fraction of sp³-hybridized carbons (Fsp3) is 0.0476. The summed E-state index contributed by atoms with van der Waals surface area (Å²) in [6.45, 7) is 0. The van der Waals surface area contributed by atoms with Gasteiger partial charge in [0.2, 0.25) is 0 Å². The van der Waals surface area contributed by atoms with Crippen molar-refractivity contribution in [3.8, 4) is 5.69 Å². The summed E-state index contributed by atoms with van der Waals surface area (Å²) in [5.41, 5.74) is 0.839. The van der Waals surface area contributed by atoms with E-state index in [1.54, 1.807) is 24.3 Å². The highest BCUT2D eigenvalue weighted by Crippen LogP contribution is 2.18. The molecule has 5 rings (SSSR count). The van der Waals surface area contributed by atoms with Gasteiger partial charge in [-0.15, -0.1) is 0 Å². The maximum atomic E-state index is 13.2. The first-order valence-corrected chi connectivity index (χ1v) is 10.7. The smallest absolute Gasteiger partial charge is 0.267 e. The summed E-state index contributed by atoms with van der Waals surface area (Å²) >= 11 is 7.44. The summed E-state index contributed by atoms with van der Waals surface area (Å²) in [5.74, 6) is -0.413. The third kappa shape index (κ3) is 4.36. The second kappa shape index (κ2) is 9.25. The first-order chi connectivity index (χ1) is 15.5. The molecule has 8 nitrogen and oxygen atoms in total. The zero-order chi connectivity index (χ0) is 22.7. The Bertz CT molecular complexity index is 1560. The van der Waals surface area contributed by atoms with Crippen LogP contribution >= 0.6 is 23.4 Å². The van der Waals surface area contributed by atoms with Crippen LogP contribution in [0.3, 0.4) is 0 Å². The average molecular weight is 469 g/mol. The van der Waals surface area contributed by atoms with Gasteiger partial charge in [0.15, 0.2) is 10.8 Å². The SMILES string of the molecule is CSc1ncc2c(=O)[nH]cnc2n1.O=c1c2c(Cl)cccc2ncn1-c1cccc(F)c1. The predicted molar refractivity (Wildman–Crippen MR) is 122 cm³/mol. The van der Waals surface area contributed by atoms with Crippen molar-refractivity contribution in [1.29, 1.82) is 0 Å². The first kappa shape index (κ1) is 21.6. The van der Waals surface area contributed by atoms with E-state index in [0.717, 1.165) is 0 Å². The van der Waals surface area contributed by atoms with Crippen molar-refractivity contribution < 1.29 is 4.39 Å². The molecule has 0 bridgehead atoms. The Labute approximate surface area is 189 Å². The van der Waals surface area contributed by atoms with Gasteiger partial charge in [0.25, 0.3) is 11.1 Å². The number of benzene rings is 2. The third-order valence-corrected chi connectivity index (χ3v) is 5.26. The number of aromatic amines is 1. The maximum absolute atomic E-state index is 13.2. The van der Waals surface area contributed by atoms with Gasteiger partial charge in [-0.05, 0) is 36.6 Å². The molecule has 0 fully saturated rings.